The van der Waals surface area contributed by atoms with Gasteiger partial charge < -0.3 is 9.64 Å². The van der Waals surface area contributed by atoms with Gasteiger partial charge in [0.15, 0.2) is 0 Å². The lowest BCUT2D eigenvalue weighted by Gasteiger charge is -2.31. The van der Waals surface area contributed by atoms with Crippen LogP contribution in [0, 0.1) is 11.3 Å². The van der Waals surface area contributed by atoms with Gasteiger partial charge in [-0.25, -0.2) is 0 Å². The highest BCUT2D eigenvalue weighted by molar-refractivity contribution is 5.77. The van der Waals surface area contributed by atoms with Crippen molar-refractivity contribution in [3.8, 4) is 11.8 Å². The van der Waals surface area contributed by atoms with Crippen LogP contribution in [0.1, 0.15) is 25.7 Å². The maximum atomic E-state index is 12.1. The van der Waals surface area contributed by atoms with Gasteiger partial charge in [0.25, 0.3) is 0 Å². The van der Waals surface area contributed by atoms with Gasteiger partial charge in [-0.2, -0.15) is 5.26 Å². The van der Waals surface area contributed by atoms with Crippen LogP contribution in [0.25, 0.3) is 0 Å². The maximum absolute atomic E-state index is 12.1. The number of hydrogen-bond donors (Lipinski definition) is 0. The van der Waals surface area contributed by atoms with Gasteiger partial charge in [-0.1, -0.05) is 18.2 Å². The number of nitrogens with zero attached hydrogens (tertiary/aromatic N) is 2. The molecular formula is C15H18N2O2. The van der Waals surface area contributed by atoms with Crippen LogP contribution in [0.3, 0.4) is 0 Å². The molecule has 1 aromatic carbocycles. The SMILES string of the molecule is N#CC1CCCCN1C(=O)CCOc1ccccc1. The van der Waals surface area contributed by atoms with Crippen molar-refractivity contribution < 1.29 is 9.53 Å². The van der Waals surface area contributed by atoms with E-state index >= 15 is 0 Å². The predicted molar refractivity (Wildman–Crippen MR) is 71.5 cm³/mol. The summed E-state index contributed by atoms with van der Waals surface area (Å²) in [5, 5.41) is 9.04. The molecule has 0 bridgehead atoms. The molecule has 1 unspecified atom stereocenters. The third-order valence-corrected chi connectivity index (χ3v) is 3.30. The molecule has 1 aliphatic rings. The minimum atomic E-state index is -0.252. The first-order valence-electron chi connectivity index (χ1n) is 6.68. The summed E-state index contributed by atoms with van der Waals surface area (Å²) in [5.74, 6) is 0.785. The van der Waals surface area contributed by atoms with E-state index in [1.807, 2.05) is 30.3 Å². The van der Waals surface area contributed by atoms with Gasteiger partial charge in [0.05, 0.1) is 19.1 Å². The van der Waals surface area contributed by atoms with Crippen molar-refractivity contribution in [3.05, 3.63) is 30.3 Å². The molecule has 0 aromatic heterocycles. The molecule has 1 saturated heterocycles. The van der Waals surface area contributed by atoms with E-state index < -0.39 is 0 Å². The van der Waals surface area contributed by atoms with E-state index in [9.17, 15) is 4.79 Å². The lowest BCUT2D eigenvalue weighted by Crippen LogP contribution is -2.43. The zero-order chi connectivity index (χ0) is 13.5. The van der Waals surface area contributed by atoms with Gasteiger partial charge in [-0.3, -0.25) is 4.79 Å². The summed E-state index contributed by atoms with van der Waals surface area (Å²) in [4.78, 5) is 13.7. The highest BCUT2D eigenvalue weighted by atomic mass is 16.5. The number of benzene rings is 1. The Morgan fingerprint density at radius 1 is 1.37 bits per heavy atom. The van der Waals surface area contributed by atoms with Crippen LogP contribution in [0.4, 0.5) is 0 Å². The lowest BCUT2D eigenvalue weighted by atomic mass is 10.0. The molecular weight excluding hydrogens is 240 g/mol. The summed E-state index contributed by atoms with van der Waals surface area (Å²) in [6.45, 7) is 1.06. The van der Waals surface area contributed by atoms with E-state index in [2.05, 4.69) is 6.07 Å². The van der Waals surface area contributed by atoms with Gasteiger partial charge in [0.2, 0.25) is 5.91 Å². The molecule has 4 nitrogen and oxygen atoms in total. The van der Waals surface area contributed by atoms with Crippen LogP contribution >= 0.6 is 0 Å². The summed E-state index contributed by atoms with van der Waals surface area (Å²) in [6, 6.07) is 11.4. The fraction of sp³-hybridized carbons (Fsp3) is 0.467. The number of likely N-dealkylation sites (tertiary alicyclic amines) is 1. The van der Waals surface area contributed by atoms with Crippen molar-refractivity contribution in [1.82, 2.24) is 4.90 Å². The second-order valence-corrected chi connectivity index (χ2v) is 4.64. The van der Waals surface area contributed by atoms with Crippen LogP contribution in [0.2, 0.25) is 0 Å². The first-order valence-corrected chi connectivity index (χ1v) is 6.68. The van der Waals surface area contributed by atoms with E-state index in [-0.39, 0.29) is 11.9 Å². The summed E-state index contributed by atoms with van der Waals surface area (Å²) in [7, 11) is 0. The summed E-state index contributed by atoms with van der Waals surface area (Å²) in [5.41, 5.74) is 0. The number of para-hydroxylation sites is 1. The third kappa shape index (κ3) is 3.72. The molecule has 0 saturated carbocycles. The number of carbonyl (C=O) groups excluding carboxylic acids is 1. The Kier molecular flexibility index (Phi) is 4.79. The Morgan fingerprint density at radius 2 is 2.16 bits per heavy atom. The monoisotopic (exact) mass is 258 g/mol. The molecule has 1 fully saturated rings. The van der Waals surface area contributed by atoms with Crippen LogP contribution < -0.4 is 4.74 Å². The predicted octanol–water partition coefficient (Wildman–Crippen LogP) is 2.36. The Bertz CT molecular complexity index is 453. The standard InChI is InChI=1S/C15H18N2O2/c16-12-13-6-4-5-10-17(13)15(18)9-11-19-14-7-2-1-3-8-14/h1-3,7-8,13H,4-6,9-11H2. The number of ether oxygens (including phenoxy) is 1. The van der Waals surface area contributed by atoms with Crippen LogP contribution in [0.5, 0.6) is 5.75 Å². The Labute approximate surface area is 113 Å². The number of piperidine rings is 1. The number of hydrogen-bond acceptors (Lipinski definition) is 3. The second-order valence-electron chi connectivity index (χ2n) is 4.64. The minimum absolute atomic E-state index is 0.0159. The fourth-order valence-electron chi connectivity index (χ4n) is 2.28. The quantitative estimate of drug-likeness (QED) is 0.833. The first kappa shape index (κ1) is 13.4. The van der Waals surface area contributed by atoms with E-state index in [1.54, 1.807) is 4.90 Å². The molecule has 100 valence electrons. The Hall–Kier alpha value is -2.02. The van der Waals surface area contributed by atoms with Crippen LogP contribution in [-0.2, 0) is 4.79 Å². The second kappa shape index (κ2) is 6.79. The molecule has 1 aromatic rings. The van der Waals surface area contributed by atoms with Crippen molar-refractivity contribution in [3.63, 3.8) is 0 Å². The fourth-order valence-corrected chi connectivity index (χ4v) is 2.28. The number of nitriles is 1. The molecule has 0 spiro atoms. The largest absolute Gasteiger partial charge is 0.493 e. The number of amides is 1. The van der Waals surface area contributed by atoms with E-state index in [4.69, 9.17) is 10.00 Å². The first-order chi connectivity index (χ1) is 9.31. The van der Waals surface area contributed by atoms with Crippen molar-refractivity contribution in [2.45, 2.75) is 31.7 Å². The topological polar surface area (TPSA) is 53.3 Å². The van der Waals surface area contributed by atoms with Crippen molar-refractivity contribution >= 4 is 5.91 Å². The summed E-state index contributed by atoms with van der Waals surface area (Å²) in [6.07, 6.45) is 3.14. The van der Waals surface area contributed by atoms with E-state index in [0.29, 0.717) is 19.6 Å². The highest BCUT2D eigenvalue weighted by Crippen LogP contribution is 2.17. The van der Waals surface area contributed by atoms with Gasteiger partial charge >= 0.3 is 0 Å². The summed E-state index contributed by atoms with van der Waals surface area (Å²) >= 11 is 0. The van der Waals surface area contributed by atoms with Gasteiger partial charge in [0, 0.05) is 6.54 Å². The van der Waals surface area contributed by atoms with Crippen molar-refractivity contribution in [2.75, 3.05) is 13.2 Å². The zero-order valence-electron chi connectivity index (χ0n) is 10.9. The Balaban J connectivity index is 1.79. The zero-order valence-corrected chi connectivity index (χ0v) is 10.9. The summed E-state index contributed by atoms with van der Waals surface area (Å²) < 4.78 is 5.51. The molecule has 1 aliphatic heterocycles. The molecule has 0 N–H and O–H groups in total. The molecule has 19 heavy (non-hydrogen) atoms. The van der Waals surface area contributed by atoms with Gasteiger partial charge in [0.1, 0.15) is 11.8 Å². The van der Waals surface area contributed by atoms with Crippen molar-refractivity contribution in [2.24, 2.45) is 0 Å². The van der Waals surface area contributed by atoms with Crippen molar-refractivity contribution in [1.29, 1.82) is 5.26 Å². The number of rotatable bonds is 4. The normalized spacial score (nSPS) is 18.7. The molecule has 4 heteroatoms. The molecule has 1 atom stereocenters. The van der Waals surface area contributed by atoms with E-state index in [1.165, 1.54) is 0 Å². The lowest BCUT2D eigenvalue weighted by molar-refractivity contribution is -0.134. The number of carbonyl (C=O) groups is 1. The molecule has 0 aliphatic carbocycles. The average Bonchev–Trinajstić information content (AvgIpc) is 2.48. The molecule has 2 rings (SSSR count). The van der Waals surface area contributed by atoms with Crippen LogP contribution in [-0.4, -0.2) is 30.0 Å². The molecule has 1 amide bonds. The maximum Gasteiger partial charge on any atom is 0.227 e. The van der Waals surface area contributed by atoms with Crippen LogP contribution in [0.15, 0.2) is 30.3 Å². The average molecular weight is 258 g/mol. The third-order valence-electron chi connectivity index (χ3n) is 3.30. The van der Waals surface area contributed by atoms with Gasteiger partial charge in [-0.05, 0) is 31.4 Å². The smallest absolute Gasteiger partial charge is 0.227 e. The Morgan fingerprint density at radius 3 is 2.89 bits per heavy atom. The minimum Gasteiger partial charge on any atom is -0.493 e. The van der Waals surface area contributed by atoms with Gasteiger partial charge in [-0.15, -0.1) is 0 Å². The van der Waals surface area contributed by atoms with E-state index in [0.717, 1.165) is 25.0 Å². The highest BCUT2D eigenvalue weighted by Gasteiger charge is 2.25. The molecule has 0 radical (unpaired) electrons. The molecule has 1 heterocycles.